The Morgan fingerprint density at radius 3 is 2.62 bits per heavy atom. The van der Waals surface area contributed by atoms with Crippen molar-refractivity contribution in [2.45, 2.75) is 25.9 Å². The van der Waals surface area contributed by atoms with Crippen LogP contribution in [0.25, 0.3) is 0 Å². The summed E-state index contributed by atoms with van der Waals surface area (Å²) in [4.78, 5) is 0. The van der Waals surface area contributed by atoms with Gasteiger partial charge in [0.2, 0.25) is 6.79 Å². The van der Waals surface area contributed by atoms with Crippen molar-refractivity contribution in [1.82, 2.24) is 0 Å². The first-order valence-corrected chi connectivity index (χ1v) is 7.42. The van der Waals surface area contributed by atoms with E-state index in [0.29, 0.717) is 22.1 Å². The summed E-state index contributed by atoms with van der Waals surface area (Å²) in [6, 6.07) is 11.5. The number of hydrogen-bond acceptors (Lipinski definition) is 3. The van der Waals surface area contributed by atoms with E-state index in [9.17, 15) is 5.11 Å². The minimum Gasteiger partial charge on any atom is -0.454 e. The van der Waals surface area contributed by atoms with Crippen LogP contribution in [0.5, 0.6) is 11.5 Å². The second kappa shape index (κ2) is 5.96. The van der Waals surface area contributed by atoms with E-state index in [4.69, 9.17) is 21.1 Å². The third kappa shape index (κ3) is 2.85. The number of aliphatic hydroxyl groups excluding tert-OH is 1. The monoisotopic (exact) mass is 304 g/mol. The van der Waals surface area contributed by atoms with E-state index in [2.05, 4.69) is 19.1 Å². The Bertz CT molecular complexity index is 637. The number of benzene rings is 2. The average molecular weight is 305 g/mol. The van der Waals surface area contributed by atoms with Crippen LogP contribution in [0.3, 0.4) is 0 Å². The van der Waals surface area contributed by atoms with Crippen molar-refractivity contribution in [2.75, 3.05) is 6.79 Å². The van der Waals surface area contributed by atoms with Crippen LogP contribution in [-0.4, -0.2) is 11.9 Å². The summed E-state index contributed by atoms with van der Waals surface area (Å²) in [6.07, 6.45) is 1.43. The van der Waals surface area contributed by atoms with Crippen LogP contribution < -0.4 is 9.47 Å². The maximum absolute atomic E-state index is 10.5. The molecule has 4 heteroatoms. The predicted octanol–water partition coefficient (Wildman–Crippen LogP) is 4.10. The molecule has 0 fully saturated rings. The van der Waals surface area contributed by atoms with E-state index in [-0.39, 0.29) is 6.79 Å². The Kier molecular flexibility index (Phi) is 4.04. The van der Waals surface area contributed by atoms with Crippen molar-refractivity contribution in [2.24, 2.45) is 0 Å². The van der Waals surface area contributed by atoms with Crippen LogP contribution in [-0.2, 0) is 6.42 Å². The second-order valence-corrected chi connectivity index (χ2v) is 5.54. The molecule has 1 unspecified atom stereocenters. The van der Waals surface area contributed by atoms with Gasteiger partial charge in [0.05, 0.1) is 5.02 Å². The fourth-order valence-corrected chi connectivity index (χ4v) is 2.77. The average Bonchev–Trinajstić information content (AvgIpc) is 2.97. The van der Waals surface area contributed by atoms with Gasteiger partial charge in [0.15, 0.2) is 11.5 Å². The van der Waals surface area contributed by atoms with E-state index >= 15 is 0 Å². The van der Waals surface area contributed by atoms with Crippen molar-refractivity contribution in [1.29, 1.82) is 0 Å². The molecule has 0 spiro atoms. The SMILES string of the molecule is CCCc1ccc(C(O)c2cc(Cl)c3c(c2)OCO3)cc1. The Morgan fingerprint density at radius 1 is 1.14 bits per heavy atom. The number of halogens is 1. The number of ether oxygens (including phenoxy) is 2. The van der Waals surface area contributed by atoms with Crippen LogP contribution in [0.2, 0.25) is 5.02 Å². The van der Waals surface area contributed by atoms with Gasteiger partial charge >= 0.3 is 0 Å². The predicted molar refractivity (Wildman–Crippen MR) is 82.1 cm³/mol. The topological polar surface area (TPSA) is 38.7 Å². The first-order valence-electron chi connectivity index (χ1n) is 7.05. The van der Waals surface area contributed by atoms with Crippen molar-refractivity contribution >= 4 is 11.6 Å². The van der Waals surface area contributed by atoms with Gasteiger partial charge in [-0.1, -0.05) is 49.2 Å². The summed E-state index contributed by atoms with van der Waals surface area (Å²) in [5.41, 5.74) is 2.81. The molecule has 0 saturated carbocycles. The van der Waals surface area contributed by atoms with Crippen LogP contribution >= 0.6 is 11.6 Å². The molecule has 1 N–H and O–H groups in total. The second-order valence-electron chi connectivity index (χ2n) is 5.13. The first kappa shape index (κ1) is 14.2. The van der Waals surface area contributed by atoms with Crippen LogP contribution in [0.1, 0.15) is 36.1 Å². The van der Waals surface area contributed by atoms with Crippen molar-refractivity contribution in [3.05, 3.63) is 58.1 Å². The lowest BCUT2D eigenvalue weighted by Crippen LogP contribution is -2.00. The van der Waals surface area contributed by atoms with Gasteiger partial charge in [0.25, 0.3) is 0 Å². The number of rotatable bonds is 4. The zero-order valence-corrected chi connectivity index (χ0v) is 12.6. The molecule has 2 aromatic carbocycles. The summed E-state index contributed by atoms with van der Waals surface area (Å²) >= 11 is 6.16. The first-order chi connectivity index (χ1) is 10.2. The van der Waals surface area contributed by atoms with Gasteiger partial charge in [0.1, 0.15) is 6.10 Å². The van der Waals surface area contributed by atoms with Crippen LogP contribution in [0, 0.1) is 0 Å². The Labute approximate surface area is 129 Å². The molecule has 1 aliphatic heterocycles. The number of aryl methyl sites for hydroxylation is 1. The molecule has 0 radical (unpaired) electrons. The molecule has 3 nitrogen and oxygen atoms in total. The van der Waals surface area contributed by atoms with E-state index < -0.39 is 6.10 Å². The fraction of sp³-hybridized carbons (Fsp3) is 0.294. The highest BCUT2D eigenvalue weighted by Crippen LogP contribution is 2.41. The molecule has 0 aromatic heterocycles. The highest BCUT2D eigenvalue weighted by atomic mass is 35.5. The van der Waals surface area contributed by atoms with Gasteiger partial charge in [-0.05, 0) is 35.2 Å². The van der Waals surface area contributed by atoms with Gasteiger partial charge in [0, 0.05) is 0 Å². The van der Waals surface area contributed by atoms with E-state index in [1.807, 2.05) is 12.1 Å². The lowest BCUT2D eigenvalue weighted by molar-refractivity contribution is 0.173. The summed E-state index contributed by atoms with van der Waals surface area (Å²) in [7, 11) is 0. The molecule has 0 aliphatic carbocycles. The van der Waals surface area contributed by atoms with Gasteiger partial charge < -0.3 is 14.6 Å². The molecule has 0 saturated heterocycles. The Morgan fingerprint density at radius 2 is 1.90 bits per heavy atom. The quantitative estimate of drug-likeness (QED) is 0.924. The molecule has 3 rings (SSSR count). The molecule has 1 aliphatic rings. The smallest absolute Gasteiger partial charge is 0.231 e. The molecule has 2 aromatic rings. The summed E-state index contributed by atoms with van der Waals surface area (Å²) in [6.45, 7) is 2.32. The largest absolute Gasteiger partial charge is 0.454 e. The lowest BCUT2D eigenvalue weighted by atomic mass is 9.99. The summed E-state index contributed by atoms with van der Waals surface area (Å²) in [5, 5.41) is 11.0. The standard InChI is InChI=1S/C17H17ClO3/c1-2-3-11-4-6-12(7-5-11)16(19)13-8-14(18)17-15(9-13)20-10-21-17/h4-9,16,19H,2-3,10H2,1H3. The van der Waals surface area contributed by atoms with E-state index in [1.54, 1.807) is 12.1 Å². The van der Waals surface area contributed by atoms with Crippen molar-refractivity contribution < 1.29 is 14.6 Å². The molecule has 110 valence electrons. The lowest BCUT2D eigenvalue weighted by Gasteiger charge is -2.13. The molecule has 21 heavy (non-hydrogen) atoms. The van der Waals surface area contributed by atoms with Crippen molar-refractivity contribution in [3.8, 4) is 11.5 Å². The number of aliphatic hydroxyl groups is 1. The summed E-state index contributed by atoms with van der Waals surface area (Å²) in [5.74, 6) is 1.13. The highest BCUT2D eigenvalue weighted by Gasteiger charge is 2.21. The molecular formula is C17H17ClO3. The molecule has 1 atom stereocenters. The maximum atomic E-state index is 10.5. The fourth-order valence-electron chi connectivity index (χ4n) is 2.49. The van der Waals surface area contributed by atoms with Crippen molar-refractivity contribution in [3.63, 3.8) is 0 Å². The van der Waals surface area contributed by atoms with Gasteiger partial charge in [-0.2, -0.15) is 0 Å². The maximum Gasteiger partial charge on any atom is 0.231 e. The van der Waals surface area contributed by atoms with Gasteiger partial charge in [-0.15, -0.1) is 0 Å². The Balaban J connectivity index is 1.88. The number of fused-ring (bicyclic) bond motifs is 1. The normalized spacial score (nSPS) is 14.2. The van der Waals surface area contributed by atoms with Gasteiger partial charge in [-0.3, -0.25) is 0 Å². The molecule has 1 heterocycles. The van der Waals surface area contributed by atoms with Gasteiger partial charge in [-0.25, -0.2) is 0 Å². The van der Waals surface area contributed by atoms with E-state index in [0.717, 1.165) is 18.4 Å². The zero-order chi connectivity index (χ0) is 14.8. The summed E-state index contributed by atoms with van der Waals surface area (Å²) < 4.78 is 10.6. The zero-order valence-electron chi connectivity index (χ0n) is 11.8. The minimum absolute atomic E-state index is 0.167. The molecule has 0 amide bonds. The third-order valence-electron chi connectivity index (χ3n) is 3.60. The van der Waals surface area contributed by atoms with Crippen LogP contribution in [0.4, 0.5) is 0 Å². The molecule has 0 bridgehead atoms. The molecular weight excluding hydrogens is 288 g/mol. The third-order valence-corrected chi connectivity index (χ3v) is 3.88. The van der Waals surface area contributed by atoms with Crippen LogP contribution in [0.15, 0.2) is 36.4 Å². The highest BCUT2D eigenvalue weighted by molar-refractivity contribution is 6.32. The minimum atomic E-state index is -0.729. The number of hydrogen-bond donors (Lipinski definition) is 1. The van der Waals surface area contributed by atoms with E-state index in [1.165, 1.54) is 5.56 Å². The Hall–Kier alpha value is -1.71.